The molecule has 0 saturated carbocycles. The number of carbonyl (C=O) groups excluding carboxylic acids is 1. The second kappa shape index (κ2) is 6.13. The normalized spacial score (nSPS) is 16.9. The van der Waals surface area contributed by atoms with E-state index in [0.717, 1.165) is 25.0 Å². The number of hydrogen-bond donors (Lipinski definition) is 1. The van der Waals surface area contributed by atoms with Crippen molar-refractivity contribution in [2.75, 3.05) is 6.54 Å². The molecule has 1 aliphatic carbocycles. The van der Waals surface area contributed by atoms with Gasteiger partial charge in [-0.05, 0) is 49.9 Å². The summed E-state index contributed by atoms with van der Waals surface area (Å²) < 4.78 is 0. The number of aryl methyl sites for hydroxylation is 1. The first-order valence-corrected chi connectivity index (χ1v) is 7.61. The first-order valence-electron chi connectivity index (χ1n) is 7.61. The Kier molecular flexibility index (Phi) is 4.04. The molecule has 2 heterocycles. The Bertz CT molecular complexity index is 687. The van der Waals surface area contributed by atoms with E-state index in [0.29, 0.717) is 6.54 Å². The van der Waals surface area contributed by atoms with Crippen molar-refractivity contribution >= 4 is 5.91 Å². The molecule has 0 bridgehead atoms. The average molecular weight is 297 g/mol. The van der Waals surface area contributed by atoms with Crippen LogP contribution in [0, 0.1) is 0 Å². The Morgan fingerprint density at radius 2 is 2.09 bits per heavy atom. The third-order valence-corrected chi connectivity index (χ3v) is 4.13. The van der Waals surface area contributed by atoms with Gasteiger partial charge in [0, 0.05) is 18.9 Å². The van der Waals surface area contributed by atoms with Crippen LogP contribution in [0.5, 0.6) is 5.75 Å². The van der Waals surface area contributed by atoms with Crippen molar-refractivity contribution in [1.29, 1.82) is 0 Å². The van der Waals surface area contributed by atoms with Gasteiger partial charge in [-0.3, -0.25) is 9.78 Å². The summed E-state index contributed by atoms with van der Waals surface area (Å²) in [5, 5.41) is 9.89. The van der Waals surface area contributed by atoms with Crippen LogP contribution in [0.1, 0.15) is 47.6 Å². The summed E-state index contributed by atoms with van der Waals surface area (Å²) in [6.07, 6.45) is 6.21. The average Bonchev–Trinajstić information content (AvgIpc) is 2.56. The van der Waals surface area contributed by atoms with Gasteiger partial charge in [0.05, 0.1) is 11.7 Å². The maximum absolute atomic E-state index is 12.8. The lowest BCUT2D eigenvalue weighted by Gasteiger charge is -2.34. The first-order chi connectivity index (χ1) is 10.7. The largest absolute Gasteiger partial charge is 0.505 e. The van der Waals surface area contributed by atoms with E-state index in [1.807, 2.05) is 13.0 Å². The molecule has 0 fully saturated rings. The number of hydrogen-bond acceptors (Lipinski definition) is 4. The number of fused-ring (bicyclic) bond motifs is 1. The summed E-state index contributed by atoms with van der Waals surface area (Å²) in [6, 6.07) is 7.06. The van der Waals surface area contributed by atoms with Crippen LogP contribution in [0.4, 0.5) is 0 Å². The summed E-state index contributed by atoms with van der Waals surface area (Å²) in [4.78, 5) is 23.1. The molecule has 1 N–H and O–H groups in total. The topological polar surface area (TPSA) is 66.3 Å². The number of carbonyl (C=O) groups is 1. The van der Waals surface area contributed by atoms with E-state index >= 15 is 0 Å². The molecule has 0 aromatic carbocycles. The van der Waals surface area contributed by atoms with Gasteiger partial charge in [-0.2, -0.15) is 0 Å². The highest BCUT2D eigenvalue weighted by Gasteiger charge is 2.31. The summed E-state index contributed by atoms with van der Waals surface area (Å²) in [5.41, 5.74) is 2.28. The minimum absolute atomic E-state index is 0.0520. The molecule has 1 amide bonds. The third kappa shape index (κ3) is 2.54. The standard InChI is InChI=1S/C17H19N3O2/c1-2-20(17(22)16-14(21)9-5-11-19-16)13-8-3-6-12-7-4-10-18-15(12)13/h4-5,7,9-11,13,21H,2-3,6,8H2,1H3. The van der Waals surface area contributed by atoms with E-state index in [1.165, 1.54) is 17.8 Å². The SMILES string of the molecule is CCN(C(=O)c1ncccc1O)C1CCCc2cccnc21. The Labute approximate surface area is 129 Å². The summed E-state index contributed by atoms with van der Waals surface area (Å²) in [7, 11) is 0. The summed E-state index contributed by atoms with van der Waals surface area (Å²) in [5.74, 6) is -0.327. The molecule has 0 saturated heterocycles. The molecular weight excluding hydrogens is 278 g/mol. The predicted molar refractivity (Wildman–Crippen MR) is 82.5 cm³/mol. The number of rotatable bonds is 3. The van der Waals surface area contributed by atoms with Crippen LogP contribution >= 0.6 is 0 Å². The second-order valence-electron chi connectivity index (χ2n) is 5.42. The number of amides is 1. The lowest BCUT2D eigenvalue weighted by molar-refractivity contribution is 0.0655. The lowest BCUT2D eigenvalue weighted by Crippen LogP contribution is -2.37. The Balaban J connectivity index is 1.96. The highest BCUT2D eigenvalue weighted by Crippen LogP contribution is 2.33. The van der Waals surface area contributed by atoms with Crippen LogP contribution in [0.25, 0.3) is 0 Å². The molecular formula is C17H19N3O2. The lowest BCUT2D eigenvalue weighted by atomic mass is 9.90. The van der Waals surface area contributed by atoms with Crippen LogP contribution in [0.3, 0.4) is 0 Å². The van der Waals surface area contributed by atoms with Gasteiger partial charge < -0.3 is 10.0 Å². The van der Waals surface area contributed by atoms with Crippen LogP contribution in [-0.4, -0.2) is 32.4 Å². The summed E-state index contributed by atoms with van der Waals surface area (Å²) >= 11 is 0. The van der Waals surface area contributed by atoms with Crippen molar-refractivity contribution in [2.45, 2.75) is 32.2 Å². The van der Waals surface area contributed by atoms with Gasteiger partial charge in [0.25, 0.3) is 5.91 Å². The molecule has 114 valence electrons. The summed E-state index contributed by atoms with van der Waals surface area (Å²) in [6.45, 7) is 2.49. The molecule has 1 atom stereocenters. The van der Waals surface area contributed by atoms with Crippen molar-refractivity contribution < 1.29 is 9.90 Å². The maximum Gasteiger partial charge on any atom is 0.276 e. The van der Waals surface area contributed by atoms with Crippen molar-refractivity contribution in [2.24, 2.45) is 0 Å². The number of pyridine rings is 2. The molecule has 2 aromatic heterocycles. The molecule has 3 rings (SSSR count). The molecule has 0 spiro atoms. The van der Waals surface area contributed by atoms with Crippen molar-refractivity contribution in [1.82, 2.24) is 14.9 Å². The zero-order valence-corrected chi connectivity index (χ0v) is 12.6. The zero-order chi connectivity index (χ0) is 15.5. The predicted octanol–water partition coefficient (Wildman–Crippen LogP) is 2.72. The van der Waals surface area contributed by atoms with Crippen LogP contribution in [0.2, 0.25) is 0 Å². The molecule has 0 radical (unpaired) electrons. The quantitative estimate of drug-likeness (QED) is 0.946. The minimum atomic E-state index is -0.246. The smallest absolute Gasteiger partial charge is 0.276 e. The maximum atomic E-state index is 12.8. The first kappa shape index (κ1) is 14.5. The van der Waals surface area contributed by atoms with Gasteiger partial charge in [-0.1, -0.05) is 6.07 Å². The van der Waals surface area contributed by atoms with Crippen LogP contribution in [-0.2, 0) is 6.42 Å². The van der Waals surface area contributed by atoms with Gasteiger partial charge in [0.15, 0.2) is 5.69 Å². The third-order valence-electron chi connectivity index (χ3n) is 4.13. The van der Waals surface area contributed by atoms with E-state index in [2.05, 4.69) is 16.0 Å². The molecule has 22 heavy (non-hydrogen) atoms. The zero-order valence-electron chi connectivity index (χ0n) is 12.6. The fourth-order valence-electron chi connectivity index (χ4n) is 3.09. The fourth-order valence-corrected chi connectivity index (χ4v) is 3.09. The second-order valence-corrected chi connectivity index (χ2v) is 5.42. The van der Waals surface area contributed by atoms with Gasteiger partial charge in [-0.25, -0.2) is 4.98 Å². The number of aromatic hydroxyl groups is 1. The monoisotopic (exact) mass is 297 g/mol. The van der Waals surface area contributed by atoms with Crippen molar-refractivity contribution in [3.63, 3.8) is 0 Å². The Hall–Kier alpha value is -2.43. The van der Waals surface area contributed by atoms with Gasteiger partial charge >= 0.3 is 0 Å². The molecule has 2 aromatic rings. The van der Waals surface area contributed by atoms with E-state index in [9.17, 15) is 9.90 Å². The Morgan fingerprint density at radius 1 is 1.32 bits per heavy atom. The minimum Gasteiger partial charge on any atom is -0.505 e. The van der Waals surface area contributed by atoms with Crippen LogP contribution < -0.4 is 0 Å². The van der Waals surface area contributed by atoms with E-state index in [-0.39, 0.29) is 23.4 Å². The van der Waals surface area contributed by atoms with Crippen molar-refractivity contribution in [3.05, 3.63) is 53.6 Å². The van der Waals surface area contributed by atoms with Gasteiger partial charge in [0.1, 0.15) is 5.75 Å². The van der Waals surface area contributed by atoms with Gasteiger partial charge in [-0.15, -0.1) is 0 Å². The Morgan fingerprint density at radius 3 is 2.86 bits per heavy atom. The molecule has 5 heteroatoms. The van der Waals surface area contributed by atoms with E-state index < -0.39 is 0 Å². The van der Waals surface area contributed by atoms with E-state index in [1.54, 1.807) is 17.2 Å². The molecule has 1 unspecified atom stereocenters. The molecule has 5 nitrogen and oxygen atoms in total. The fraction of sp³-hybridized carbons (Fsp3) is 0.353. The van der Waals surface area contributed by atoms with Crippen LogP contribution in [0.15, 0.2) is 36.7 Å². The van der Waals surface area contributed by atoms with E-state index in [4.69, 9.17) is 0 Å². The number of nitrogens with zero attached hydrogens (tertiary/aromatic N) is 3. The molecule has 1 aliphatic rings. The van der Waals surface area contributed by atoms with Crippen molar-refractivity contribution in [3.8, 4) is 5.75 Å². The van der Waals surface area contributed by atoms with Gasteiger partial charge in [0.2, 0.25) is 0 Å². The number of aromatic nitrogens is 2. The highest BCUT2D eigenvalue weighted by molar-refractivity contribution is 5.95. The molecule has 0 aliphatic heterocycles. The highest BCUT2D eigenvalue weighted by atomic mass is 16.3.